The van der Waals surface area contributed by atoms with Gasteiger partial charge in [0.25, 0.3) is 0 Å². The van der Waals surface area contributed by atoms with Crippen molar-refractivity contribution in [3.8, 4) is 0 Å². The van der Waals surface area contributed by atoms with Gasteiger partial charge in [-0.05, 0) is 18.6 Å². The summed E-state index contributed by atoms with van der Waals surface area (Å²) in [5, 5.41) is 11.5. The number of rotatable bonds is 1. The Bertz CT molecular complexity index is 404. The fourth-order valence-electron chi connectivity index (χ4n) is 1.33. The van der Waals surface area contributed by atoms with Crippen LogP contribution in [0.1, 0.15) is 29.7 Å². The number of hydrogen-bond donors (Lipinski definition) is 0. The molecule has 0 aliphatic rings. The lowest BCUT2D eigenvalue weighted by atomic mass is 10.0. The maximum absolute atomic E-state index is 11.5. The number of benzene rings is 1. The monoisotopic (exact) mass is 353 g/mol. The lowest BCUT2D eigenvalue weighted by Crippen LogP contribution is -2.10. The first-order valence-corrected chi connectivity index (χ1v) is 6.74. The van der Waals surface area contributed by atoms with Gasteiger partial charge in [0.05, 0.1) is 0 Å². The van der Waals surface area contributed by atoms with Gasteiger partial charge in [0.15, 0.2) is 0 Å². The van der Waals surface area contributed by atoms with E-state index >= 15 is 0 Å². The fraction of sp³-hybridized carbons (Fsp3) is 0.400. The van der Waals surface area contributed by atoms with Gasteiger partial charge in [-0.3, -0.25) is 0 Å². The van der Waals surface area contributed by atoms with E-state index in [9.17, 15) is 5.11 Å². The molecule has 17 heavy (non-hydrogen) atoms. The zero-order valence-corrected chi connectivity index (χ0v) is 13.0. The maximum atomic E-state index is 11.5. The fourth-order valence-corrected chi connectivity index (χ4v) is 2.18. The van der Waals surface area contributed by atoms with E-state index in [0.29, 0.717) is 11.1 Å². The molecule has 1 atom stereocenters. The molecule has 0 fully saturated rings. The Labute approximate surface area is 130 Å². The van der Waals surface area contributed by atoms with E-state index in [0.717, 1.165) is 0 Å². The molecule has 0 heterocycles. The minimum absolute atomic E-state index is 0.230. The summed E-state index contributed by atoms with van der Waals surface area (Å²) in [6, 6.07) is 4.45. The van der Waals surface area contributed by atoms with Crippen molar-refractivity contribution in [1.82, 2.24) is 0 Å². The standard InChI is InChI=1S/C10H7Cl6O/c1-5(17)7-3-2-6(9(11,12)13)4-8(7)10(14,15)16/h2-5H,1H3. The summed E-state index contributed by atoms with van der Waals surface area (Å²) in [6.45, 7) is 1.45. The number of halogens is 6. The summed E-state index contributed by atoms with van der Waals surface area (Å²) in [5.41, 5.74) is 0.935. The maximum Gasteiger partial charge on any atom is 0.216 e. The van der Waals surface area contributed by atoms with Crippen LogP contribution in [-0.2, 0) is 12.7 Å². The molecule has 7 heteroatoms. The van der Waals surface area contributed by atoms with Gasteiger partial charge in [-0.2, -0.15) is 0 Å². The third-order valence-electron chi connectivity index (χ3n) is 2.12. The highest BCUT2D eigenvalue weighted by Gasteiger charge is 2.31. The molecule has 95 valence electrons. The Morgan fingerprint density at radius 2 is 1.53 bits per heavy atom. The average Bonchev–Trinajstić information content (AvgIpc) is 2.14. The van der Waals surface area contributed by atoms with E-state index in [1.807, 2.05) is 0 Å². The van der Waals surface area contributed by atoms with Crippen molar-refractivity contribution in [3.05, 3.63) is 34.9 Å². The van der Waals surface area contributed by atoms with Gasteiger partial charge in [0.2, 0.25) is 7.59 Å². The average molecular weight is 356 g/mol. The van der Waals surface area contributed by atoms with E-state index in [1.54, 1.807) is 0 Å². The third-order valence-corrected chi connectivity index (χ3v) is 3.39. The molecule has 0 aliphatic carbocycles. The van der Waals surface area contributed by atoms with Crippen LogP contribution in [0.3, 0.4) is 0 Å². The molecule has 0 bridgehead atoms. The minimum Gasteiger partial charge on any atom is -0.228 e. The Hall–Kier alpha value is 0.920. The van der Waals surface area contributed by atoms with Crippen LogP contribution in [0, 0.1) is 0 Å². The van der Waals surface area contributed by atoms with Crippen LogP contribution in [0.2, 0.25) is 0 Å². The van der Waals surface area contributed by atoms with Gasteiger partial charge in [0, 0.05) is 11.1 Å². The summed E-state index contributed by atoms with van der Waals surface area (Å²) in [4.78, 5) is 0. The van der Waals surface area contributed by atoms with E-state index < -0.39 is 13.7 Å². The predicted molar refractivity (Wildman–Crippen MR) is 74.0 cm³/mol. The number of alkyl halides is 6. The van der Waals surface area contributed by atoms with Crippen molar-refractivity contribution in [2.45, 2.75) is 20.6 Å². The second-order valence-corrected chi connectivity index (χ2v) is 8.00. The lowest BCUT2D eigenvalue weighted by molar-refractivity contribution is 0.105. The van der Waals surface area contributed by atoms with Crippen molar-refractivity contribution in [1.29, 1.82) is 0 Å². The van der Waals surface area contributed by atoms with Crippen LogP contribution in [-0.4, -0.2) is 0 Å². The first-order valence-electron chi connectivity index (χ1n) is 4.47. The molecule has 1 aromatic carbocycles. The summed E-state index contributed by atoms with van der Waals surface area (Å²) >= 11 is 34.6. The van der Waals surface area contributed by atoms with E-state index in [1.165, 1.54) is 25.1 Å². The molecule has 1 unspecified atom stereocenters. The van der Waals surface area contributed by atoms with Gasteiger partial charge in [0.1, 0.15) is 6.10 Å². The third kappa shape index (κ3) is 4.21. The SMILES string of the molecule is CC([O])c1ccc(C(Cl)(Cl)Cl)cc1C(Cl)(Cl)Cl. The van der Waals surface area contributed by atoms with Crippen LogP contribution in [0.25, 0.3) is 0 Å². The van der Waals surface area contributed by atoms with Crippen molar-refractivity contribution in [2.75, 3.05) is 0 Å². The van der Waals surface area contributed by atoms with E-state index in [4.69, 9.17) is 69.6 Å². The predicted octanol–water partition coefficient (Wildman–Crippen LogP) is 5.83. The summed E-state index contributed by atoms with van der Waals surface area (Å²) in [7, 11) is 0. The molecule has 0 aliphatic heterocycles. The first kappa shape index (κ1) is 16.0. The first-order chi connectivity index (χ1) is 7.53. The van der Waals surface area contributed by atoms with Gasteiger partial charge >= 0.3 is 0 Å². The van der Waals surface area contributed by atoms with Crippen molar-refractivity contribution in [2.24, 2.45) is 0 Å². The molecule has 0 amide bonds. The molecule has 0 saturated heterocycles. The van der Waals surface area contributed by atoms with Gasteiger partial charge in [-0.1, -0.05) is 81.7 Å². The molecule has 0 spiro atoms. The molecular weight excluding hydrogens is 349 g/mol. The largest absolute Gasteiger partial charge is 0.228 e. The van der Waals surface area contributed by atoms with Gasteiger partial charge < -0.3 is 0 Å². The lowest BCUT2D eigenvalue weighted by Gasteiger charge is -2.21. The molecule has 1 radical (unpaired) electrons. The van der Waals surface area contributed by atoms with E-state index in [2.05, 4.69) is 0 Å². The van der Waals surface area contributed by atoms with Gasteiger partial charge in [-0.15, -0.1) is 0 Å². The highest BCUT2D eigenvalue weighted by molar-refractivity contribution is 6.67. The van der Waals surface area contributed by atoms with Crippen LogP contribution < -0.4 is 0 Å². The molecule has 0 aromatic heterocycles. The smallest absolute Gasteiger partial charge is 0.216 e. The van der Waals surface area contributed by atoms with Crippen LogP contribution in [0.5, 0.6) is 0 Å². The Morgan fingerprint density at radius 3 is 1.88 bits per heavy atom. The van der Waals surface area contributed by atoms with Crippen molar-refractivity contribution >= 4 is 69.6 Å². The summed E-state index contributed by atoms with van der Waals surface area (Å²) in [5.74, 6) is 0. The van der Waals surface area contributed by atoms with E-state index in [-0.39, 0.29) is 5.56 Å². The highest BCUT2D eigenvalue weighted by atomic mass is 35.6. The molecular formula is C10H7Cl6O. The Morgan fingerprint density at radius 1 is 1.00 bits per heavy atom. The molecule has 1 aromatic rings. The molecule has 0 saturated carbocycles. The van der Waals surface area contributed by atoms with Crippen molar-refractivity contribution in [3.63, 3.8) is 0 Å². The van der Waals surface area contributed by atoms with Crippen molar-refractivity contribution < 1.29 is 5.11 Å². The normalized spacial score (nSPS) is 14.8. The number of hydrogen-bond acceptors (Lipinski definition) is 0. The quantitative estimate of drug-likeness (QED) is 0.565. The Balaban J connectivity index is 3.41. The van der Waals surface area contributed by atoms with Crippen LogP contribution in [0.15, 0.2) is 18.2 Å². The second kappa shape index (κ2) is 5.50. The molecule has 1 rings (SSSR count). The second-order valence-electron chi connectivity index (χ2n) is 3.44. The minimum atomic E-state index is -1.74. The summed E-state index contributed by atoms with van der Waals surface area (Å²) in [6.07, 6.45) is -1.04. The zero-order chi connectivity index (χ0) is 13.4. The van der Waals surface area contributed by atoms with Crippen LogP contribution >= 0.6 is 69.6 Å². The van der Waals surface area contributed by atoms with Gasteiger partial charge in [-0.25, -0.2) is 5.11 Å². The molecule has 1 nitrogen and oxygen atoms in total. The Kier molecular flexibility index (Phi) is 5.17. The van der Waals surface area contributed by atoms with Crippen LogP contribution in [0.4, 0.5) is 0 Å². The zero-order valence-electron chi connectivity index (χ0n) is 8.49. The topological polar surface area (TPSA) is 19.9 Å². The highest BCUT2D eigenvalue weighted by Crippen LogP contribution is 2.45. The summed E-state index contributed by atoms with van der Waals surface area (Å²) < 4.78 is -3.37. The molecule has 0 N–H and O–H groups in total.